The van der Waals surface area contributed by atoms with E-state index in [-0.39, 0.29) is 5.75 Å². The van der Waals surface area contributed by atoms with Crippen molar-refractivity contribution in [2.45, 2.75) is 26.2 Å². The first-order chi connectivity index (χ1) is 8.79. The first kappa shape index (κ1) is 12.7. The van der Waals surface area contributed by atoms with E-state index in [1.807, 2.05) is 25.3 Å². The van der Waals surface area contributed by atoms with Gasteiger partial charge >= 0.3 is 0 Å². The molecular formula is C14H20N2O2. The molecule has 0 atom stereocenters. The smallest absolute Gasteiger partial charge is 0.161 e. The summed E-state index contributed by atoms with van der Waals surface area (Å²) in [6.45, 7) is 4.51. The molecule has 1 aliphatic heterocycles. The number of benzene rings is 1. The van der Waals surface area contributed by atoms with Crippen LogP contribution in [0.2, 0.25) is 0 Å². The van der Waals surface area contributed by atoms with E-state index in [1.165, 1.54) is 19.3 Å². The van der Waals surface area contributed by atoms with E-state index >= 15 is 0 Å². The highest BCUT2D eigenvalue weighted by atomic mass is 16.5. The van der Waals surface area contributed by atoms with Crippen LogP contribution in [0.3, 0.4) is 0 Å². The average molecular weight is 248 g/mol. The number of hydrogen-bond donors (Lipinski definition) is 1. The maximum atomic E-state index is 9.60. The van der Waals surface area contributed by atoms with Crippen molar-refractivity contribution in [3.63, 3.8) is 0 Å². The number of hydrogen-bond acceptors (Lipinski definition) is 4. The molecule has 0 spiro atoms. The molecule has 18 heavy (non-hydrogen) atoms. The second-order valence-electron chi connectivity index (χ2n) is 4.42. The largest absolute Gasteiger partial charge is 0.504 e. The van der Waals surface area contributed by atoms with E-state index in [2.05, 4.69) is 10.1 Å². The van der Waals surface area contributed by atoms with Crippen LogP contribution in [0.4, 0.5) is 0 Å². The molecule has 0 saturated carbocycles. The van der Waals surface area contributed by atoms with Crippen LogP contribution >= 0.6 is 0 Å². The van der Waals surface area contributed by atoms with Crippen LogP contribution in [0.25, 0.3) is 0 Å². The lowest BCUT2D eigenvalue weighted by Crippen LogP contribution is -2.24. The van der Waals surface area contributed by atoms with Crippen LogP contribution in [0, 0.1) is 0 Å². The van der Waals surface area contributed by atoms with E-state index in [9.17, 15) is 5.11 Å². The fourth-order valence-corrected chi connectivity index (χ4v) is 2.02. The molecule has 0 radical (unpaired) electrons. The topological polar surface area (TPSA) is 45.1 Å². The van der Waals surface area contributed by atoms with Gasteiger partial charge in [0, 0.05) is 13.1 Å². The van der Waals surface area contributed by atoms with Crippen molar-refractivity contribution >= 4 is 6.21 Å². The van der Waals surface area contributed by atoms with Crippen molar-refractivity contribution in [3.8, 4) is 11.5 Å². The predicted molar refractivity (Wildman–Crippen MR) is 72.3 cm³/mol. The Bertz CT molecular complexity index is 412. The predicted octanol–water partition coefficient (Wildman–Crippen LogP) is 2.61. The molecule has 0 bridgehead atoms. The first-order valence-electron chi connectivity index (χ1n) is 6.54. The molecule has 98 valence electrons. The third kappa shape index (κ3) is 3.39. The number of phenolic OH excluding ortho intramolecular Hbond substituents is 1. The van der Waals surface area contributed by atoms with Crippen molar-refractivity contribution in [2.75, 3.05) is 19.7 Å². The summed E-state index contributed by atoms with van der Waals surface area (Å²) in [5.41, 5.74) is 0.946. The summed E-state index contributed by atoms with van der Waals surface area (Å²) < 4.78 is 5.34. The summed E-state index contributed by atoms with van der Waals surface area (Å²) >= 11 is 0. The molecule has 1 aliphatic rings. The Labute approximate surface area is 108 Å². The lowest BCUT2D eigenvalue weighted by molar-refractivity contribution is 0.240. The Morgan fingerprint density at radius 1 is 1.33 bits per heavy atom. The van der Waals surface area contributed by atoms with Gasteiger partial charge in [-0.25, -0.2) is 0 Å². The van der Waals surface area contributed by atoms with Gasteiger partial charge in [-0.05, 0) is 49.9 Å². The third-order valence-electron chi connectivity index (χ3n) is 2.99. The zero-order chi connectivity index (χ0) is 12.8. The van der Waals surface area contributed by atoms with Gasteiger partial charge < -0.3 is 9.84 Å². The summed E-state index contributed by atoms with van der Waals surface area (Å²) in [5.74, 6) is 0.687. The number of ether oxygens (including phenoxy) is 1. The second kappa shape index (κ2) is 6.28. The Morgan fingerprint density at radius 2 is 2.11 bits per heavy atom. The molecule has 0 amide bonds. The number of aromatic hydroxyl groups is 1. The summed E-state index contributed by atoms with van der Waals surface area (Å²) in [6, 6.07) is 5.29. The number of piperidine rings is 1. The van der Waals surface area contributed by atoms with Gasteiger partial charge in [0.2, 0.25) is 0 Å². The second-order valence-corrected chi connectivity index (χ2v) is 4.42. The maximum Gasteiger partial charge on any atom is 0.161 e. The molecule has 1 N–H and O–H groups in total. The molecule has 4 nitrogen and oxygen atoms in total. The quantitative estimate of drug-likeness (QED) is 0.833. The molecule has 1 aromatic rings. The van der Waals surface area contributed by atoms with Crippen LogP contribution in [-0.2, 0) is 0 Å². The molecule has 0 unspecified atom stereocenters. The number of hydrazone groups is 1. The van der Waals surface area contributed by atoms with Crippen molar-refractivity contribution in [1.29, 1.82) is 0 Å². The fraction of sp³-hybridized carbons (Fsp3) is 0.500. The highest BCUT2D eigenvalue weighted by Gasteiger charge is 2.06. The van der Waals surface area contributed by atoms with E-state index in [4.69, 9.17) is 4.74 Å². The molecular weight excluding hydrogens is 228 g/mol. The van der Waals surface area contributed by atoms with Crippen molar-refractivity contribution < 1.29 is 9.84 Å². The summed E-state index contributed by atoms with van der Waals surface area (Å²) in [6.07, 6.45) is 5.57. The minimum Gasteiger partial charge on any atom is -0.504 e. The highest BCUT2D eigenvalue weighted by Crippen LogP contribution is 2.26. The molecule has 1 heterocycles. The zero-order valence-corrected chi connectivity index (χ0v) is 10.8. The molecule has 0 aromatic heterocycles. The highest BCUT2D eigenvalue weighted by molar-refractivity contribution is 5.80. The van der Waals surface area contributed by atoms with Crippen molar-refractivity contribution in [2.24, 2.45) is 5.10 Å². The Kier molecular flexibility index (Phi) is 4.45. The monoisotopic (exact) mass is 248 g/mol. The van der Waals surface area contributed by atoms with Crippen molar-refractivity contribution in [3.05, 3.63) is 23.8 Å². The van der Waals surface area contributed by atoms with Crippen LogP contribution in [0.15, 0.2) is 23.3 Å². The lowest BCUT2D eigenvalue weighted by atomic mass is 10.2. The Hall–Kier alpha value is -1.71. The lowest BCUT2D eigenvalue weighted by Gasteiger charge is -2.23. The van der Waals surface area contributed by atoms with E-state index < -0.39 is 0 Å². The first-order valence-corrected chi connectivity index (χ1v) is 6.54. The summed E-state index contributed by atoms with van der Waals surface area (Å²) in [4.78, 5) is 0. The van der Waals surface area contributed by atoms with Gasteiger partial charge in [-0.3, -0.25) is 5.01 Å². The van der Waals surface area contributed by atoms with Gasteiger partial charge in [0.1, 0.15) is 0 Å². The number of rotatable bonds is 4. The molecule has 0 aliphatic carbocycles. The van der Waals surface area contributed by atoms with Crippen LogP contribution < -0.4 is 4.74 Å². The SMILES string of the molecule is CCOc1cc(C=NN2CCCCC2)ccc1O. The van der Waals surface area contributed by atoms with Gasteiger partial charge in [0.25, 0.3) is 0 Å². The van der Waals surface area contributed by atoms with Crippen LogP contribution in [0.5, 0.6) is 11.5 Å². The van der Waals surface area contributed by atoms with E-state index in [0.29, 0.717) is 12.4 Å². The Morgan fingerprint density at radius 3 is 2.83 bits per heavy atom. The fourth-order valence-electron chi connectivity index (χ4n) is 2.02. The van der Waals surface area contributed by atoms with Gasteiger partial charge in [0.15, 0.2) is 11.5 Å². The van der Waals surface area contributed by atoms with Gasteiger partial charge in [-0.1, -0.05) is 0 Å². The van der Waals surface area contributed by atoms with Gasteiger partial charge in [-0.15, -0.1) is 0 Å². The van der Waals surface area contributed by atoms with Gasteiger partial charge in [-0.2, -0.15) is 5.10 Å². The molecule has 1 saturated heterocycles. The third-order valence-corrected chi connectivity index (χ3v) is 2.99. The molecule has 1 aromatic carbocycles. The van der Waals surface area contributed by atoms with Crippen LogP contribution in [0.1, 0.15) is 31.7 Å². The maximum absolute atomic E-state index is 9.60. The molecule has 4 heteroatoms. The number of phenols is 1. The van der Waals surface area contributed by atoms with Crippen molar-refractivity contribution in [1.82, 2.24) is 5.01 Å². The van der Waals surface area contributed by atoms with E-state index in [1.54, 1.807) is 6.07 Å². The molecule has 2 rings (SSSR count). The standard InChI is InChI=1S/C14H20N2O2/c1-2-18-14-10-12(6-7-13(14)17)11-15-16-8-4-3-5-9-16/h6-7,10-11,17H,2-5,8-9H2,1H3. The summed E-state index contributed by atoms with van der Waals surface area (Å²) in [7, 11) is 0. The average Bonchev–Trinajstić information content (AvgIpc) is 2.41. The summed E-state index contributed by atoms with van der Waals surface area (Å²) in [5, 5.41) is 16.2. The normalized spacial score (nSPS) is 16.2. The van der Waals surface area contributed by atoms with Crippen LogP contribution in [-0.4, -0.2) is 36.0 Å². The molecule has 1 fully saturated rings. The minimum atomic E-state index is 0.173. The number of nitrogens with zero attached hydrogens (tertiary/aromatic N) is 2. The zero-order valence-electron chi connectivity index (χ0n) is 10.8. The van der Waals surface area contributed by atoms with E-state index in [0.717, 1.165) is 18.7 Å². The van der Waals surface area contributed by atoms with Gasteiger partial charge in [0.05, 0.1) is 12.8 Å². The minimum absolute atomic E-state index is 0.173. The Balaban J connectivity index is 2.03.